The quantitative estimate of drug-likeness (QED) is 0.676. The van der Waals surface area contributed by atoms with Crippen molar-refractivity contribution < 1.29 is 10.2 Å². The average molecular weight is 227 g/mol. The van der Waals surface area contributed by atoms with E-state index < -0.39 is 6.10 Å². The van der Waals surface area contributed by atoms with Crippen LogP contribution in [0.5, 0.6) is 5.75 Å². The molecule has 5 heteroatoms. The second-order valence-corrected chi connectivity index (χ2v) is 3.38. The molecule has 1 atom stereocenters. The van der Waals surface area contributed by atoms with E-state index in [4.69, 9.17) is 16.9 Å². The molecule has 0 aliphatic rings. The highest BCUT2D eigenvalue weighted by Crippen LogP contribution is 2.19. The van der Waals surface area contributed by atoms with Crippen LogP contribution in [0.25, 0.3) is 0 Å². The minimum absolute atomic E-state index is 0.0110. The lowest BCUT2D eigenvalue weighted by Gasteiger charge is -2.10. The van der Waals surface area contributed by atoms with Crippen molar-refractivity contribution in [3.63, 3.8) is 0 Å². The normalized spacial score (nSPS) is 11.8. The maximum absolute atomic E-state index is 9.27. The number of alkyl halides is 1. The Morgan fingerprint density at radius 1 is 1.47 bits per heavy atom. The van der Waals surface area contributed by atoms with Gasteiger partial charge in [-0.15, -0.1) is 11.6 Å². The molecule has 0 saturated carbocycles. The van der Waals surface area contributed by atoms with Crippen LogP contribution in [0.4, 0.5) is 5.69 Å². The number of nitriles is 1. The van der Waals surface area contributed by atoms with Crippen LogP contribution in [-0.4, -0.2) is 28.7 Å². The molecule has 0 heterocycles. The summed E-state index contributed by atoms with van der Waals surface area (Å²) < 4.78 is 0. The van der Waals surface area contributed by atoms with Gasteiger partial charge in [0, 0.05) is 18.3 Å². The highest BCUT2D eigenvalue weighted by molar-refractivity contribution is 6.18. The van der Waals surface area contributed by atoms with Gasteiger partial charge in [0.2, 0.25) is 0 Å². The molecule has 0 aliphatic carbocycles. The van der Waals surface area contributed by atoms with Crippen molar-refractivity contribution in [2.75, 3.05) is 17.7 Å². The Kier molecular flexibility index (Phi) is 4.22. The van der Waals surface area contributed by atoms with Gasteiger partial charge in [-0.25, -0.2) is 0 Å². The topological polar surface area (TPSA) is 76.3 Å². The molecule has 1 unspecified atom stereocenters. The zero-order valence-corrected chi connectivity index (χ0v) is 8.70. The van der Waals surface area contributed by atoms with Crippen molar-refractivity contribution in [1.82, 2.24) is 0 Å². The molecule has 0 aliphatic heterocycles. The van der Waals surface area contributed by atoms with Crippen molar-refractivity contribution >= 4 is 17.3 Å². The second kappa shape index (κ2) is 5.44. The Bertz CT molecular complexity index is 376. The molecule has 15 heavy (non-hydrogen) atoms. The van der Waals surface area contributed by atoms with E-state index in [1.807, 2.05) is 6.07 Å². The number of phenols is 1. The Morgan fingerprint density at radius 3 is 2.80 bits per heavy atom. The van der Waals surface area contributed by atoms with E-state index in [1.54, 1.807) is 6.07 Å². The molecular formula is C10H11ClN2O2. The molecule has 0 aromatic heterocycles. The standard InChI is InChI=1S/C10H11ClN2O2/c11-4-10(15)6-13-8-1-7(5-12)2-9(14)3-8/h1-3,10,13-15H,4,6H2. The molecule has 0 radical (unpaired) electrons. The van der Waals surface area contributed by atoms with E-state index in [-0.39, 0.29) is 18.2 Å². The number of hydrogen-bond acceptors (Lipinski definition) is 4. The number of halogens is 1. The molecule has 1 aromatic carbocycles. The summed E-state index contributed by atoms with van der Waals surface area (Å²) in [5.41, 5.74) is 0.938. The third-order valence-corrected chi connectivity index (χ3v) is 2.12. The Labute approximate surface area is 92.7 Å². The van der Waals surface area contributed by atoms with Gasteiger partial charge in [0.05, 0.1) is 23.6 Å². The van der Waals surface area contributed by atoms with E-state index in [0.717, 1.165) is 0 Å². The molecule has 0 amide bonds. The van der Waals surface area contributed by atoms with Gasteiger partial charge in [-0.3, -0.25) is 0 Å². The van der Waals surface area contributed by atoms with Crippen LogP contribution in [0, 0.1) is 11.3 Å². The molecule has 0 saturated heterocycles. The summed E-state index contributed by atoms with van der Waals surface area (Å²) in [6.45, 7) is 0.276. The highest BCUT2D eigenvalue weighted by atomic mass is 35.5. The fraction of sp³-hybridized carbons (Fsp3) is 0.300. The third kappa shape index (κ3) is 3.66. The first kappa shape index (κ1) is 11.6. The minimum atomic E-state index is -0.653. The summed E-state index contributed by atoms with van der Waals surface area (Å²) >= 11 is 5.42. The molecule has 80 valence electrons. The van der Waals surface area contributed by atoms with Gasteiger partial charge in [0.15, 0.2) is 0 Å². The maximum atomic E-state index is 9.27. The molecule has 0 spiro atoms. The predicted molar refractivity (Wildman–Crippen MR) is 58.0 cm³/mol. The number of hydrogen-bond donors (Lipinski definition) is 3. The van der Waals surface area contributed by atoms with Crippen LogP contribution in [0.15, 0.2) is 18.2 Å². The van der Waals surface area contributed by atoms with E-state index in [1.165, 1.54) is 12.1 Å². The third-order valence-electron chi connectivity index (χ3n) is 1.77. The summed E-state index contributed by atoms with van der Waals surface area (Å²) in [6, 6.07) is 6.34. The molecule has 4 nitrogen and oxygen atoms in total. The number of benzene rings is 1. The first-order chi connectivity index (χ1) is 7.15. The summed E-state index contributed by atoms with van der Waals surface area (Å²) in [4.78, 5) is 0. The predicted octanol–water partition coefficient (Wildman–Crippen LogP) is 1.28. The number of phenolic OH excluding ortho intramolecular Hbond substituents is 1. The molecular weight excluding hydrogens is 216 g/mol. The number of anilines is 1. The number of aliphatic hydroxyl groups is 1. The van der Waals surface area contributed by atoms with Gasteiger partial charge in [-0.2, -0.15) is 5.26 Å². The van der Waals surface area contributed by atoms with Crippen molar-refractivity contribution in [2.45, 2.75) is 6.10 Å². The lowest BCUT2D eigenvalue weighted by atomic mass is 10.2. The van der Waals surface area contributed by atoms with Gasteiger partial charge in [0.25, 0.3) is 0 Å². The van der Waals surface area contributed by atoms with Gasteiger partial charge in [-0.1, -0.05) is 0 Å². The van der Waals surface area contributed by atoms with Crippen molar-refractivity contribution in [1.29, 1.82) is 5.26 Å². The van der Waals surface area contributed by atoms with E-state index in [0.29, 0.717) is 11.3 Å². The van der Waals surface area contributed by atoms with Crippen LogP contribution in [0.3, 0.4) is 0 Å². The lowest BCUT2D eigenvalue weighted by Crippen LogP contribution is -2.20. The van der Waals surface area contributed by atoms with Crippen molar-refractivity contribution in [2.24, 2.45) is 0 Å². The first-order valence-corrected chi connectivity index (χ1v) is 4.91. The average Bonchev–Trinajstić information content (AvgIpc) is 2.25. The summed E-state index contributed by atoms with van der Waals surface area (Å²) in [7, 11) is 0. The second-order valence-electron chi connectivity index (χ2n) is 3.07. The smallest absolute Gasteiger partial charge is 0.118 e. The fourth-order valence-corrected chi connectivity index (χ4v) is 1.18. The van der Waals surface area contributed by atoms with Crippen LogP contribution in [0.1, 0.15) is 5.56 Å². The largest absolute Gasteiger partial charge is 0.508 e. The van der Waals surface area contributed by atoms with Crippen molar-refractivity contribution in [3.05, 3.63) is 23.8 Å². The highest BCUT2D eigenvalue weighted by Gasteiger charge is 2.03. The fourth-order valence-electron chi connectivity index (χ4n) is 1.07. The van der Waals surface area contributed by atoms with Gasteiger partial charge in [0.1, 0.15) is 5.75 Å². The van der Waals surface area contributed by atoms with Crippen LogP contribution in [-0.2, 0) is 0 Å². The Morgan fingerprint density at radius 2 is 2.20 bits per heavy atom. The number of aromatic hydroxyl groups is 1. The lowest BCUT2D eigenvalue weighted by molar-refractivity contribution is 0.211. The number of aliphatic hydroxyl groups excluding tert-OH is 1. The monoisotopic (exact) mass is 226 g/mol. The molecule has 1 rings (SSSR count). The molecule has 1 aromatic rings. The zero-order valence-electron chi connectivity index (χ0n) is 7.94. The Hall–Kier alpha value is -1.44. The maximum Gasteiger partial charge on any atom is 0.118 e. The Balaban J connectivity index is 2.69. The van der Waals surface area contributed by atoms with E-state index in [9.17, 15) is 10.2 Å². The van der Waals surface area contributed by atoms with Gasteiger partial charge in [-0.05, 0) is 12.1 Å². The number of rotatable bonds is 4. The van der Waals surface area contributed by atoms with Crippen molar-refractivity contribution in [3.8, 4) is 11.8 Å². The van der Waals surface area contributed by atoms with E-state index >= 15 is 0 Å². The van der Waals surface area contributed by atoms with Crippen LogP contribution >= 0.6 is 11.6 Å². The molecule has 0 fully saturated rings. The molecule has 0 bridgehead atoms. The first-order valence-electron chi connectivity index (χ1n) is 4.37. The SMILES string of the molecule is N#Cc1cc(O)cc(NCC(O)CCl)c1. The minimum Gasteiger partial charge on any atom is -0.508 e. The van der Waals surface area contributed by atoms with Gasteiger partial charge >= 0.3 is 0 Å². The van der Waals surface area contributed by atoms with E-state index in [2.05, 4.69) is 5.32 Å². The van der Waals surface area contributed by atoms with Crippen LogP contribution in [0.2, 0.25) is 0 Å². The summed E-state index contributed by atoms with van der Waals surface area (Å²) in [5.74, 6) is 0.147. The summed E-state index contributed by atoms with van der Waals surface area (Å²) in [6.07, 6.45) is -0.653. The number of nitrogens with zero attached hydrogens (tertiary/aromatic N) is 1. The van der Waals surface area contributed by atoms with Crippen LogP contribution < -0.4 is 5.32 Å². The van der Waals surface area contributed by atoms with Gasteiger partial charge < -0.3 is 15.5 Å². The molecule has 3 N–H and O–H groups in total. The summed E-state index contributed by atoms with van der Waals surface area (Å²) in [5, 5.41) is 30.0. The zero-order chi connectivity index (χ0) is 11.3. The number of nitrogens with one attached hydrogen (secondary N) is 1.